The molecule has 4 nitrogen and oxygen atoms in total. The van der Waals surface area contributed by atoms with Crippen molar-refractivity contribution in [3.8, 4) is 0 Å². The van der Waals surface area contributed by atoms with Crippen LogP contribution in [0.25, 0.3) is 5.57 Å². The van der Waals surface area contributed by atoms with Crippen LogP contribution in [0.2, 0.25) is 0 Å². The first-order valence-corrected chi connectivity index (χ1v) is 9.93. The number of hydrogen-bond donors (Lipinski definition) is 0. The van der Waals surface area contributed by atoms with Crippen molar-refractivity contribution in [1.82, 2.24) is 0 Å². The molecule has 4 heteroatoms. The Balaban J connectivity index is 1.73. The van der Waals surface area contributed by atoms with Gasteiger partial charge in [0, 0.05) is 29.6 Å². The van der Waals surface area contributed by atoms with Gasteiger partial charge in [0.25, 0.3) is 0 Å². The summed E-state index contributed by atoms with van der Waals surface area (Å²) in [4.78, 5) is 27.3. The van der Waals surface area contributed by atoms with E-state index in [4.69, 9.17) is 4.74 Å². The minimum atomic E-state index is -0.341. The summed E-state index contributed by atoms with van der Waals surface area (Å²) in [5, 5.41) is 0. The van der Waals surface area contributed by atoms with Crippen LogP contribution >= 0.6 is 0 Å². The minimum Gasteiger partial charge on any atom is -0.465 e. The molecule has 0 aromatic heterocycles. The molecule has 4 rings (SSSR count). The van der Waals surface area contributed by atoms with Gasteiger partial charge in [0.1, 0.15) is 0 Å². The zero-order valence-electron chi connectivity index (χ0n) is 17.1. The molecule has 0 saturated carbocycles. The predicted molar refractivity (Wildman–Crippen MR) is 119 cm³/mol. The monoisotopic (exact) mass is 397 g/mol. The van der Waals surface area contributed by atoms with Gasteiger partial charge >= 0.3 is 5.97 Å². The van der Waals surface area contributed by atoms with Gasteiger partial charge in [0.05, 0.1) is 12.7 Å². The number of ether oxygens (including phenoxy) is 1. The van der Waals surface area contributed by atoms with Crippen LogP contribution in [-0.4, -0.2) is 25.4 Å². The third kappa shape index (κ3) is 3.90. The Kier molecular flexibility index (Phi) is 5.48. The highest BCUT2D eigenvalue weighted by Gasteiger charge is 2.22. The number of carbonyl (C=O) groups excluding carboxylic acids is 2. The van der Waals surface area contributed by atoms with Gasteiger partial charge in [-0.25, -0.2) is 4.79 Å². The van der Waals surface area contributed by atoms with Crippen LogP contribution in [0.15, 0.2) is 79.0 Å². The quantitative estimate of drug-likeness (QED) is 0.343. The average molecular weight is 397 g/mol. The lowest BCUT2D eigenvalue weighted by atomic mass is 9.97. The molecule has 0 aliphatic carbocycles. The number of esters is 1. The second-order valence-corrected chi connectivity index (χ2v) is 7.38. The summed E-state index contributed by atoms with van der Waals surface area (Å²) >= 11 is 0. The number of aryl methyl sites for hydroxylation is 1. The van der Waals surface area contributed by atoms with Gasteiger partial charge in [-0.15, -0.1) is 0 Å². The van der Waals surface area contributed by atoms with Crippen molar-refractivity contribution < 1.29 is 14.3 Å². The average Bonchev–Trinajstić information content (AvgIpc) is 3.19. The van der Waals surface area contributed by atoms with Crippen LogP contribution in [0, 0.1) is 6.92 Å². The van der Waals surface area contributed by atoms with Crippen molar-refractivity contribution in [3.05, 3.63) is 107 Å². The molecular formula is C26H23NO3. The number of fused-ring (bicyclic) bond motifs is 1. The van der Waals surface area contributed by atoms with Gasteiger partial charge in [0.15, 0.2) is 5.78 Å². The normalized spacial score (nSPS) is 13.1. The molecule has 1 heterocycles. The number of anilines is 1. The lowest BCUT2D eigenvalue weighted by Crippen LogP contribution is -2.15. The standard InChI is InChI=1S/C26H23NO3/c1-18-8-10-20(11-9-18)25(28)23(19-6-4-3-5-7-19)17-27-15-14-21-16-22(26(29)30-2)12-13-24(21)27/h3-13,16-17H,14-15H2,1-2H3/b23-17+. The Bertz CT molecular complexity index is 1110. The molecule has 0 amide bonds. The Morgan fingerprint density at radius 2 is 1.60 bits per heavy atom. The molecule has 0 atom stereocenters. The Morgan fingerprint density at radius 1 is 0.900 bits per heavy atom. The van der Waals surface area contributed by atoms with E-state index in [1.165, 1.54) is 7.11 Å². The fraction of sp³-hybridized carbons (Fsp3) is 0.154. The number of hydrogen-bond acceptors (Lipinski definition) is 4. The van der Waals surface area contributed by atoms with E-state index >= 15 is 0 Å². The molecule has 0 N–H and O–H groups in total. The number of carbonyl (C=O) groups is 2. The van der Waals surface area contributed by atoms with Crippen LogP contribution in [0.5, 0.6) is 0 Å². The number of benzene rings is 3. The van der Waals surface area contributed by atoms with Crippen LogP contribution in [0.3, 0.4) is 0 Å². The highest BCUT2D eigenvalue weighted by molar-refractivity contribution is 6.29. The predicted octanol–water partition coefficient (Wildman–Crippen LogP) is 5.07. The molecule has 3 aromatic rings. The molecule has 0 fully saturated rings. The van der Waals surface area contributed by atoms with E-state index in [1.54, 1.807) is 6.07 Å². The van der Waals surface area contributed by atoms with Gasteiger partial charge in [0.2, 0.25) is 0 Å². The SMILES string of the molecule is COC(=O)c1ccc2c(c1)CCN2/C=C(/C(=O)c1ccc(C)cc1)c1ccccc1. The second-order valence-electron chi connectivity index (χ2n) is 7.38. The van der Waals surface area contributed by atoms with E-state index in [9.17, 15) is 9.59 Å². The fourth-order valence-corrected chi connectivity index (χ4v) is 3.70. The first kappa shape index (κ1) is 19.6. The van der Waals surface area contributed by atoms with E-state index in [1.807, 2.05) is 79.9 Å². The molecule has 0 spiro atoms. The van der Waals surface area contributed by atoms with Crippen LogP contribution in [-0.2, 0) is 11.2 Å². The van der Waals surface area contributed by atoms with Crippen molar-refractivity contribution in [3.63, 3.8) is 0 Å². The third-order valence-electron chi connectivity index (χ3n) is 5.36. The summed E-state index contributed by atoms with van der Waals surface area (Å²) < 4.78 is 4.82. The van der Waals surface area contributed by atoms with Crippen LogP contribution < -0.4 is 4.90 Å². The molecule has 3 aromatic carbocycles. The van der Waals surface area contributed by atoms with Gasteiger partial charge in [-0.1, -0.05) is 60.2 Å². The zero-order chi connectivity index (χ0) is 21.1. The van der Waals surface area contributed by atoms with E-state index in [2.05, 4.69) is 4.90 Å². The molecule has 150 valence electrons. The molecule has 0 radical (unpaired) electrons. The largest absolute Gasteiger partial charge is 0.465 e. The van der Waals surface area contributed by atoms with E-state index in [0.29, 0.717) is 16.7 Å². The molecule has 30 heavy (non-hydrogen) atoms. The first-order chi connectivity index (χ1) is 14.6. The summed E-state index contributed by atoms with van der Waals surface area (Å²) in [5.41, 5.74) is 5.92. The Hall–Kier alpha value is -3.66. The topological polar surface area (TPSA) is 46.6 Å². The van der Waals surface area contributed by atoms with Crippen molar-refractivity contribution in [2.24, 2.45) is 0 Å². The van der Waals surface area contributed by atoms with Gasteiger partial charge in [-0.05, 0) is 42.7 Å². The van der Waals surface area contributed by atoms with Crippen LogP contribution in [0.4, 0.5) is 5.69 Å². The third-order valence-corrected chi connectivity index (χ3v) is 5.36. The van der Waals surface area contributed by atoms with Crippen LogP contribution in [0.1, 0.15) is 37.4 Å². The van der Waals surface area contributed by atoms with Gasteiger partial charge in [-0.2, -0.15) is 0 Å². The van der Waals surface area contributed by atoms with Gasteiger partial charge < -0.3 is 9.64 Å². The Morgan fingerprint density at radius 3 is 2.30 bits per heavy atom. The summed E-state index contributed by atoms with van der Waals surface area (Å²) in [6.45, 7) is 2.75. The van der Waals surface area contributed by atoms with E-state index in [-0.39, 0.29) is 11.8 Å². The summed E-state index contributed by atoms with van der Waals surface area (Å²) in [6.07, 6.45) is 2.73. The minimum absolute atomic E-state index is 0.0131. The van der Waals surface area contributed by atoms with E-state index < -0.39 is 0 Å². The van der Waals surface area contributed by atoms with Crippen molar-refractivity contribution in [2.45, 2.75) is 13.3 Å². The van der Waals surface area contributed by atoms with Crippen molar-refractivity contribution >= 4 is 23.0 Å². The number of nitrogens with zero attached hydrogens (tertiary/aromatic N) is 1. The van der Waals surface area contributed by atoms with E-state index in [0.717, 1.165) is 35.3 Å². The maximum atomic E-state index is 13.4. The summed E-state index contributed by atoms with van der Waals surface area (Å²) in [7, 11) is 1.38. The molecule has 1 aliphatic rings. The lowest BCUT2D eigenvalue weighted by Gasteiger charge is -2.17. The zero-order valence-corrected chi connectivity index (χ0v) is 17.1. The van der Waals surface area contributed by atoms with Crippen molar-refractivity contribution in [2.75, 3.05) is 18.6 Å². The first-order valence-electron chi connectivity index (χ1n) is 9.93. The number of allylic oxidation sites excluding steroid dienone is 1. The fourth-order valence-electron chi connectivity index (χ4n) is 3.70. The number of ketones is 1. The number of Topliss-reactive ketones (excluding diaryl/α,β-unsaturated/α-hetero) is 1. The molecule has 0 bridgehead atoms. The maximum Gasteiger partial charge on any atom is 0.337 e. The van der Waals surface area contributed by atoms with Gasteiger partial charge in [-0.3, -0.25) is 4.79 Å². The second kappa shape index (κ2) is 8.37. The molecule has 1 aliphatic heterocycles. The Labute approximate surface area is 176 Å². The molecular weight excluding hydrogens is 374 g/mol. The maximum absolute atomic E-state index is 13.4. The highest BCUT2D eigenvalue weighted by Crippen LogP contribution is 2.32. The smallest absolute Gasteiger partial charge is 0.337 e. The van der Waals surface area contributed by atoms with Crippen molar-refractivity contribution in [1.29, 1.82) is 0 Å². The highest BCUT2D eigenvalue weighted by atomic mass is 16.5. The summed E-state index contributed by atoms with van der Waals surface area (Å²) in [6, 6.07) is 22.9. The summed E-state index contributed by atoms with van der Waals surface area (Å²) in [5.74, 6) is -0.354. The lowest BCUT2D eigenvalue weighted by molar-refractivity contribution is 0.0600. The number of rotatable bonds is 5. The molecule has 0 unspecified atom stereocenters. The number of methoxy groups -OCH3 is 1. The molecule has 0 saturated heterocycles.